The van der Waals surface area contributed by atoms with Gasteiger partial charge in [0.2, 0.25) is 0 Å². The van der Waals surface area contributed by atoms with Crippen LogP contribution >= 0.6 is 0 Å². The zero-order valence-electron chi connectivity index (χ0n) is 11.2. The number of phenolic OH excluding ortho intramolecular Hbond substituents is 1. The zero-order chi connectivity index (χ0) is 13.8. The van der Waals surface area contributed by atoms with Gasteiger partial charge in [-0.15, -0.1) is 0 Å². The average molecular weight is 263 g/mol. The first kappa shape index (κ1) is 13.8. The molecule has 0 radical (unpaired) electrons. The molecule has 1 unspecified atom stereocenters. The number of carbonyl (C=O) groups excluding carboxylic acids is 1. The molecular formula is C14H21N3O2. The molecule has 0 spiro atoms. The Kier molecular flexibility index (Phi) is 4.39. The van der Waals surface area contributed by atoms with E-state index in [9.17, 15) is 9.90 Å². The monoisotopic (exact) mass is 263 g/mol. The van der Waals surface area contributed by atoms with Crippen LogP contribution in [0.25, 0.3) is 0 Å². The summed E-state index contributed by atoms with van der Waals surface area (Å²) < 4.78 is 0. The quantitative estimate of drug-likeness (QED) is 0.833. The van der Waals surface area contributed by atoms with E-state index in [1.54, 1.807) is 18.2 Å². The molecule has 104 valence electrons. The summed E-state index contributed by atoms with van der Waals surface area (Å²) in [7, 11) is 0. The first-order valence-electron chi connectivity index (χ1n) is 6.64. The van der Waals surface area contributed by atoms with Gasteiger partial charge in [0, 0.05) is 44.3 Å². The number of benzene rings is 1. The largest absolute Gasteiger partial charge is 0.508 e. The highest BCUT2D eigenvalue weighted by Gasteiger charge is 2.24. The van der Waals surface area contributed by atoms with Crippen molar-refractivity contribution in [2.75, 3.05) is 32.7 Å². The van der Waals surface area contributed by atoms with Gasteiger partial charge in [0.1, 0.15) is 5.75 Å². The lowest BCUT2D eigenvalue weighted by Gasteiger charge is -2.37. The van der Waals surface area contributed by atoms with Crippen molar-refractivity contribution in [3.05, 3.63) is 29.8 Å². The van der Waals surface area contributed by atoms with Gasteiger partial charge in [0.15, 0.2) is 0 Å². The van der Waals surface area contributed by atoms with E-state index < -0.39 is 0 Å². The normalized spacial score (nSPS) is 18.3. The molecule has 1 atom stereocenters. The highest BCUT2D eigenvalue weighted by Crippen LogP contribution is 2.15. The number of phenols is 1. The second-order valence-electron chi connectivity index (χ2n) is 4.96. The van der Waals surface area contributed by atoms with Crippen LogP contribution in [0.15, 0.2) is 24.3 Å². The Morgan fingerprint density at radius 3 is 2.63 bits per heavy atom. The van der Waals surface area contributed by atoms with E-state index in [0.29, 0.717) is 31.2 Å². The molecule has 1 aliphatic rings. The Bertz CT molecular complexity index is 442. The summed E-state index contributed by atoms with van der Waals surface area (Å²) >= 11 is 0. The Morgan fingerprint density at radius 1 is 1.37 bits per heavy atom. The molecular weight excluding hydrogens is 242 g/mol. The molecule has 1 saturated heterocycles. The molecule has 3 N–H and O–H groups in total. The maximum atomic E-state index is 12.3. The first-order valence-corrected chi connectivity index (χ1v) is 6.64. The van der Waals surface area contributed by atoms with Gasteiger partial charge in [-0.05, 0) is 25.1 Å². The van der Waals surface area contributed by atoms with Gasteiger partial charge in [0.05, 0.1) is 0 Å². The van der Waals surface area contributed by atoms with Crippen LogP contribution in [0.5, 0.6) is 5.75 Å². The van der Waals surface area contributed by atoms with Crippen molar-refractivity contribution < 1.29 is 9.90 Å². The molecule has 19 heavy (non-hydrogen) atoms. The van der Waals surface area contributed by atoms with Gasteiger partial charge < -0.3 is 15.7 Å². The molecule has 1 heterocycles. The minimum absolute atomic E-state index is 0.0176. The SMILES string of the molecule is CC(CN)N1CCN(C(=O)c2cccc(O)c2)CC1. The summed E-state index contributed by atoms with van der Waals surface area (Å²) in [5, 5.41) is 9.41. The lowest BCUT2D eigenvalue weighted by atomic mass is 10.1. The van der Waals surface area contributed by atoms with Gasteiger partial charge >= 0.3 is 0 Å². The fraction of sp³-hybridized carbons (Fsp3) is 0.500. The maximum absolute atomic E-state index is 12.3. The van der Waals surface area contributed by atoms with E-state index in [2.05, 4.69) is 11.8 Å². The van der Waals surface area contributed by atoms with Crippen molar-refractivity contribution in [3.63, 3.8) is 0 Å². The number of amides is 1. The van der Waals surface area contributed by atoms with Gasteiger partial charge in [-0.3, -0.25) is 9.69 Å². The maximum Gasteiger partial charge on any atom is 0.254 e. The summed E-state index contributed by atoms with van der Waals surface area (Å²) in [6.45, 7) is 5.86. The lowest BCUT2D eigenvalue weighted by molar-refractivity contribution is 0.0588. The molecule has 1 fully saturated rings. The fourth-order valence-electron chi connectivity index (χ4n) is 2.34. The van der Waals surface area contributed by atoms with Crippen molar-refractivity contribution >= 4 is 5.91 Å². The molecule has 5 nitrogen and oxygen atoms in total. The number of nitrogens with two attached hydrogens (primary N) is 1. The summed E-state index contributed by atoms with van der Waals surface area (Å²) in [6.07, 6.45) is 0. The third-order valence-electron chi connectivity index (χ3n) is 3.66. The lowest BCUT2D eigenvalue weighted by Crippen LogP contribution is -2.52. The molecule has 1 amide bonds. The number of carbonyl (C=O) groups is 1. The van der Waals surface area contributed by atoms with Crippen LogP contribution in [0.3, 0.4) is 0 Å². The van der Waals surface area contributed by atoms with Crippen molar-refractivity contribution in [1.82, 2.24) is 9.80 Å². The van der Waals surface area contributed by atoms with Crippen LogP contribution in [0.2, 0.25) is 0 Å². The molecule has 1 aromatic carbocycles. The number of rotatable bonds is 3. The molecule has 0 bridgehead atoms. The molecule has 5 heteroatoms. The third-order valence-corrected chi connectivity index (χ3v) is 3.66. The average Bonchev–Trinajstić information content (AvgIpc) is 2.46. The molecule has 0 aromatic heterocycles. The number of hydrogen-bond acceptors (Lipinski definition) is 4. The summed E-state index contributed by atoms with van der Waals surface area (Å²) in [6, 6.07) is 6.86. The summed E-state index contributed by atoms with van der Waals surface area (Å²) in [4.78, 5) is 16.4. The standard InChI is InChI=1S/C14H21N3O2/c1-11(10-15)16-5-7-17(8-6-16)14(19)12-3-2-4-13(18)9-12/h2-4,9,11,18H,5-8,10,15H2,1H3. The van der Waals surface area contributed by atoms with Crippen LogP contribution < -0.4 is 5.73 Å². The summed E-state index contributed by atoms with van der Waals surface area (Å²) in [5.74, 6) is 0.109. The topological polar surface area (TPSA) is 69.8 Å². The smallest absolute Gasteiger partial charge is 0.254 e. The van der Waals surface area contributed by atoms with Gasteiger partial charge in [0.25, 0.3) is 5.91 Å². The van der Waals surface area contributed by atoms with Gasteiger partial charge in [-0.25, -0.2) is 0 Å². The Balaban J connectivity index is 1.96. The second kappa shape index (κ2) is 6.04. The number of nitrogens with zero attached hydrogens (tertiary/aromatic N) is 2. The number of aromatic hydroxyl groups is 1. The fourth-order valence-corrected chi connectivity index (χ4v) is 2.34. The van der Waals surface area contributed by atoms with Crippen LogP contribution in [0, 0.1) is 0 Å². The third kappa shape index (κ3) is 3.24. The number of piperazine rings is 1. The van der Waals surface area contributed by atoms with Crippen molar-refractivity contribution in [2.24, 2.45) is 5.73 Å². The molecule has 0 saturated carbocycles. The predicted molar refractivity (Wildman–Crippen MR) is 74.1 cm³/mol. The molecule has 2 rings (SSSR count). The second-order valence-corrected chi connectivity index (χ2v) is 4.96. The van der Waals surface area contributed by atoms with Crippen LogP contribution in [0.4, 0.5) is 0 Å². The van der Waals surface area contributed by atoms with E-state index in [1.165, 1.54) is 6.07 Å². The Morgan fingerprint density at radius 2 is 2.05 bits per heavy atom. The van der Waals surface area contributed by atoms with Crippen LogP contribution in [0.1, 0.15) is 17.3 Å². The highest BCUT2D eigenvalue weighted by atomic mass is 16.3. The van der Waals surface area contributed by atoms with E-state index in [1.807, 2.05) is 4.90 Å². The first-order chi connectivity index (χ1) is 9.11. The van der Waals surface area contributed by atoms with Crippen molar-refractivity contribution in [1.29, 1.82) is 0 Å². The van der Waals surface area contributed by atoms with Gasteiger partial charge in [-0.1, -0.05) is 6.07 Å². The van der Waals surface area contributed by atoms with Crippen LogP contribution in [-0.4, -0.2) is 59.6 Å². The Labute approximate surface area is 113 Å². The zero-order valence-corrected chi connectivity index (χ0v) is 11.2. The minimum Gasteiger partial charge on any atom is -0.508 e. The van der Waals surface area contributed by atoms with Crippen LogP contribution in [-0.2, 0) is 0 Å². The Hall–Kier alpha value is -1.59. The van der Waals surface area contributed by atoms with E-state index in [-0.39, 0.29) is 11.7 Å². The van der Waals surface area contributed by atoms with E-state index >= 15 is 0 Å². The highest BCUT2D eigenvalue weighted by molar-refractivity contribution is 5.94. The number of hydrogen-bond donors (Lipinski definition) is 2. The molecule has 1 aliphatic heterocycles. The predicted octanol–water partition coefficient (Wildman–Crippen LogP) is 0.497. The van der Waals surface area contributed by atoms with E-state index in [4.69, 9.17) is 5.73 Å². The minimum atomic E-state index is -0.0176. The van der Waals surface area contributed by atoms with Crippen molar-refractivity contribution in [2.45, 2.75) is 13.0 Å². The summed E-state index contributed by atoms with van der Waals surface area (Å²) in [5.41, 5.74) is 6.20. The molecule has 1 aromatic rings. The van der Waals surface area contributed by atoms with Gasteiger partial charge in [-0.2, -0.15) is 0 Å². The van der Waals surface area contributed by atoms with Crippen molar-refractivity contribution in [3.8, 4) is 5.75 Å². The van der Waals surface area contributed by atoms with E-state index in [0.717, 1.165) is 13.1 Å². The molecule has 0 aliphatic carbocycles.